The molecule has 3 heterocycles. The number of hydrogen-bond donors (Lipinski definition) is 2. The van der Waals surface area contributed by atoms with E-state index < -0.39 is 6.10 Å². The van der Waals surface area contributed by atoms with E-state index in [9.17, 15) is 5.11 Å². The molecule has 5 rings (SSSR count). The van der Waals surface area contributed by atoms with Crippen molar-refractivity contribution in [1.82, 2.24) is 10.2 Å². The molecule has 0 amide bonds. The van der Waals surface area contributed by atoms with E-state index in [2.05, 4.69) is 28.4 Å². The normalized spacial score (nSPS) is 27.3. The zero-order chi connectivity index (χ0) is 16.4. The number of nitrogens with zero attached hydrogens (tertiary/aromatic N) is 1. The molecule has 0 saturated carbocycles. The standard InChI is InChI=1S/C20H26N2O2/c23-18(12-21-20-13-22-9-7-16(20)8-10-22)14-24-19-6-5-15-3-1-2-4-17(15)11-19/h1-6,11,16,18,20-21,23H,7-10,12-14H2/t18-,20-/m0/s1. The molecule has 3 aliphatic heterocycles. The van der Waals surface area contributed by atoms with Crippen molar-refractivity contribution in [2.24, 2.45) is 5.92 Å². The first kappa shape index (κ1) is 15.9. The van der Waals surface area contributed by atoms with Gasteiger partial charge in [-0.1, -0.05) is 30.3 Å². The summed E-state index contributed by atoms with van der Waals surface area (Å²) in [4.78, 5) is 2.52. The molecule has 3 saturated heterocycles. The van der Waals surface area contributed by atoms with Crippen LogP contribution in [0.3, 0.4) is 0 Å². The van der Waals surface area contributed by atoms with E-state index in [1.54, 1.807) is 0 Å². The highest BCUT2D eigenvalue weighted by Crippen LogP contribution is 2.27. The van der Waals surface area contributed by atoms with E-state index in [0.29, 0.717) is 19.2 Å². The Morgan fingerprint density at radius 2 is 1.92 bits per heavy atom. The Labute approximate surface area is 143 Å². The number of piperidine rings is 3. The second kappa shape index (κ2) is 7.09. The minimum absolute atomic E-state index is 0.326. The average Bonchev–Trinajstić information content (AvgIpc) is 2.65. The van der Waals surface area contributed by atoms with Gasteiger partial charge in [0, 0.05) is 19.1 Å². The number of nitrogens with one attached hydrogen (secondary N) is 1. The Morgan fingerprint density at radius 3 is 2.67 bits per heavy atom. The lowest BCUT2D eigenvalue weighted by Crippen LogP contribution is -2.57. The van der Waals surface area contributed by atoms with Gasteiger partial charge in [-0.15, -0.1) is 0 Å². The van der Waals surface area contributed by atoms with Gasteiger partial charge in [0.25, 0.3) is 0 Å². The molecule has 3 fully saturated rings. The molecule has 4 heteroatoms. The molecule has 2 aromatic carbocycles. The summed E-state index contributed by atoms with van der Waals surface area (Å²) in [5.74, 6) is 1.60. The summed E-state index contributed by atoms with van der Waals surface area (Å²) in [7, 11) is 0. The molecule has 2 N–H and O–H groups in total. The van der Waals surface area contributed by atoms with Crippen molar-refractivity contribution in [3.05, 3.63) is 42.5 Å². The van der Waals surface area contributed by atoms with E-state index in [4.69, 9.17) is 4.74 Å². The van der Waals surface area contributed by atoms with Crippen molar-refractivity contribution in [3.63, 3.8) is 0 Å². The maximum atomic E-state index is 10.2. The fraction of sp³-hybridized carbons (Fsp3) is 0.500. The fourth-order valence-corrected chi connectivity index (χ4v) is 3.99. The van der Waals surface area contributed by atoms with Crippen molar-refractivity contribution in [2.45, 2.75) is 25.0 Å². The highest BCUT2D eigenvalue weighted by Gasteiger charge is 2.33. The first-order chi connectivity index (χ1) is 11.8. The molecule has 4 nitrogen and oxygen atoms in total. The van der Waals surface area contributed by atoms with Gasteiger partial charge in [-0.05, 0) is 54.8 Å². The van der Waals surface area contributed by atoms with Crippen LogP contribution in [0.2, 0.25) is 0 Å². The third-order valence-electron chi connectivity index (χ3n) is 5.44. The molecule has 0 aliphatic carbocycles. The third kappa shape index (κ3) is 3.56. The van der Waals surface area contributed by atoms with Crippen LogP contribution in [-0.4, -0.2) is 54.9 Å². The summed E-state index contributed by atoms with van der Waals surface area (Å²) >= 11 is 0. The Bertz CT molecular complexity index is 682. The van der Waals surface area contributed by atoms with E-state index in [0.717, 1.165) is 23.6 Å². The first-order valence-corrected chi connectivity index (χ1v) is 9.03. The van der Waals surface area contributed by atoms with Crippen molar-refractivity contribution in [2.75, 3.05) is 32.8 Å². The minimum Gasteiger partial charge on any atom is -0.491 e. The van der Waals surface area contributed by atoms with Crippen molar-refractivity contribution in [1.29, 1.82) is 0 Å². The number of fused-ring (bicyclic) bond motifs is 4. The SMILES string of the molecule is O[C@@H](CN[C@H]1CN2CCC1CC2)COc1ccc2ccccc2c1. The maximum Gasteiger partial charge on any atom is 0.120 e. The fourth-order valence-electron chi connectivity index (χ4n) is 3.99. The van der Waals surface area contributed by atoms with Gasteiger partial charge in [0.05, 0.1) is 0 Å². The monoisotopic (exact) mass is 326 g/mol. The number of hydrogen-bond acceptors (Lipinski definition) is 4. The molecule has 2 aromatic rings. The summed E-state index contributed by atoms with van der Waals surface area (Å²) in [5, 5.41) is 16.1. The van der Waals surface area contributed by atoms with Crippen LogP contribution < -0.4 is 10.1 Å². The van der Waals surface area contributed by atoms with Crippen molar-refractivity contribution in [3.8, 4) is 5.75 Å². The molecular formula is C20H26N2O2. The largest absolute Gasteiger partial charge is 0.491 e. The number of rotatable bonds is 6. The Balaban J connectivity index is 1.26. The zero-order valence-corrected chi connectivity index (χ0v) is 14.0. The van der Waals surface area contributed by atoms with Crippen LogP contribution in [0.4, 0.5) is 0 Å². The average molecular weight is 326 g/mol. The lowest BCUT2D eigenvalue weighted by Gasteiger charge is -2.45. The molecule has 0 radical (unpaired) electrons. The van der Waals surface area contributed by atoms with Gasteiger partial charge in [0.1, 0.15) is 18.5 Å². The van der Waals surface area contributed by atoms with Crippen LogP contribution in [0.1, 0.15) is 12.8 Å². The van der Waals surface area contributed by atoms with Crippen LogP contribution in [0.25, 0.3) is 10.8 Å². The third-order valence-corrected chi connectivity index (χ3v) is 5.44. The lowest BCUT2D eigenvalue weighted by molar-refractivity contribution is 0.0551. The quantitative estimate of drug-likeness (QED) is 0.855. The molecular weight excluding hydrogens is 300 g/mol. The second-order valence-corrected chi connectivity index (χ2v) is 7.13. The second-order valence-electron chi connectivity index (χ2n) is 7.13. The van der Waals surface area contributed by atoms with Gasteiger partial charge in [-0.25, -0.2) is 0 Å². The summed E-state index contributed by atoms with van der Waals surface area (Å²) in [5.41, 5.74) is 0. The summed E-state index contributed by atoms with van der Waals surface area (Å²) in [6, 6.07) is 14.8. The van der Waals surface area contributed by atoms with Gasteiger partial charge in [0.2, 0.25) is 0 Å². The van der Waals surface area contributed by atoms with Crippen molar-refractivity contribution < 1.29 is 9.84 Å². The van der Waals surface area contributed by atoms with Crippen LogP contribution in [0.15, 0.2) is 42.5 Å². The zero-order valence-electron chi connectivity index (χ0n) is 14.0. The van der Waals surface area contributed by atoms with Gasteiger partial charge in [-0.2, -0.15) is 0 Å². The summed E-state index contributed by atoms with van der Waals surface area (Å²) < 4.78 is 5.78. The Hall–Kier alpha value is -1.62. The molecule has 128 valence electrons. The highest BCUT2D eigenvalue weighted by atomic mass is 16.5. The molecule has 0 spiro atoms. The van der Waals surface area contributed by atoms with E-state index in [-0.39, 0.29) is 0 Å². The maximum absolute atomic E-state index is 10.2. The molecule has 0 aromatic heterocycles. The van der Waals surface area contributed by atoms with Gasteiger partial charge in [-0.3, -0.25) is 0 Å². The smallest absolute Gasteiger partial charge is 0.120 e. The van der Waals surface area contributed by atoms with E-state index in [1.165, 1.54) is 31.3 Å². The van der Waals surface area contributed by atoms with E-state index in [1.807, 2.05) is 24.3 Å². The Morgan fingerprint density at radius 1 is 1.12 bits per heavy atom. The topological polar surface area (TPSA) is 44.7 Å². The molecule has 2 bridgehead atoms. The predicted octanol–water partition coefficient (Wildman–Crippen LogP) is 2.26. The van der Waals surface area contributed by atoms with E-state index >= 15 is 0 Å². The summed E-state index contributed by atoms with van der Waals surface area (Å²) in [6.07, 6.45) is 2.11. The van der Waals surface area contributed by atoms with Gasteiger partial charge < -0.3 is 20.1 Å². The van der Waals surface area contributed by atoms with Crippen LogP contribution in [0, 0.1) is 5.92 Å². The first-order valence-electron chi connectivity index (χ1n) is 9.03. The summed E-state index contributed by atoms with van der Waals surface area (Å²) in [6.45, 7) is 4.55. The number of benzene rings is 2. The van der Waals surface area contributed by atoms with Crippen molar-refractivity contribution >= 4 is 10.8 Å². The highest BCUT2D eigenvalue weighted by molar-refractivity contribution is 5.83. The van der Waals surface area contributed by atoms with Crippen LogP contribution in [-0.2, 0) is 0 Å². The number of ether oxygens (including phenoxy) is 1. The minimum atomic E-state index is -0.480. The van der Waals surface area contributed by atoms with Crippen LogP contribution >= 0.6 is 0 Å². The number of aliphatic hydroxyl groups excluding tert-OH is 1. The molecule has 3 aliphatic rings. The molecule has 24 heavy (non-hydrogen) atoms. The van der Waals surface area contributed by atoms with Crippen LogP contribution in [0.5, 0.6) is 5.75 Å². The predicted molar refractivity (Wildman–Crippen MR) is 96.4 cm³/mol. The van der Waals surface area contributed by atoms with Gasteiger partial charge >= 0.3 is 0 Å². The molecule has 2 atom stereocenters. The lowest BCUT2D eigenvalue weighted by atomic mass is 9.84. The molecule has 0 unspecified atom stereocenters. The number of aliphatic hydroxyl groups is 1. The van der Waals surface area contributed by atoms with Gasteiger partial charge in [0.15, 0.2) is 0 Å². The Kier molecular flexibility index (Phi) is 4.69.